The minimum Gasteiger partial charge on any atom is -0.294 e. The largest absolute Gasteiger partial charge is 0.294 e. The summed E-state index contributed by atoms with van der Waals surface area (Å²) in [4.78, 5) is 18.7. The molecule has 0 aromatic carbocycles. The molecule has 1 aliphatic heterocycles. The molecule has 0 bridgehead atoms. The summed E-state index contributed by atoms with van der Waals surface area (Å²) in [5, 5.41) is 8.75. The number of carbonyl (C=O) groups excluding carboxylic acids is 1. The number of nitrogens with one attached hydrogen (secondary N) is 1. The van der Waals surface area contributed by atoms with Gasteiger partial charge in [-0.2, -0.15) is 0 Å². The van der Waals surface area contributed by atoms with E-state index in [-0.39, 0.29) is 0 Å². The van der Waals surface area contributed by atoms with Crippen LogP contribution >= 0.6 is 0 Å². The summed E-state index contributed by atoms with van der Waals surface area (Å²) in [6, 6.07) is 2.59. The van der Waals surface area contributed by atoms with Crippen LogP contribution in [0.5, 0.6) is 0 Å². The molecule has 1 spiro atoms. The van der Waals surface area contributed by atoms with Crippen LogP contribution in [0.3, 0.4) is 0 Å². The summed E-state index contributed by atoms with van der Waals surface area (Å²) >= 11 is 0. The van der Waals surface area contributed by atoms with Crippen LogP contribution < -0.4 is 5.48 Å². The topological polar surface area (TPSA) is 65.5 Å². The molecule has 1 atom stereocenters. The SMILES string of the molecule is CC1CC2(CCC[C@@H]2N2CCc3cc(C(=O)NO)cnc3C2)C1. The molecule has 2 N–H and O–H groups in total. The van der Waals surface area contributed by atoms with E-state index in [4.69, 9.17) is 5.21 Å². The normalized spacial score (nSPS) is 33.3. The van der Waals surface area contributed by atoms with Gasteiger partial charge in [-0.25, -0.2) is 5.48 Å². The Labute approximate surface area is 137 Å². The zero-order chi connectivity index (χ0) is 16.0. The van der Waals surface area contributed by atoms with Gasteiger partial charge >= 0.3 is 0 Å². The molecule has 0 unspecified atom stereocenters. The van der Waals surface area contributed by atoms with Crippen LogP contribution in [0.15, 0.2) is 12.3 Å². The van der Waals surface area contributed by atoms with Crippen LogP contribution in [0.25, 0.3) is 0 Å². The molecule has 23 heavy (non-hydrogen) atoms. The van der Waals surface area contributed by atoms with E-state index >= 15 is 0 Å². The van der Waals surface area contributed by atoms with Gasteiger partial charge in [-0.3, -0.25) is 19.9 Å². The Morgan fingerprint density at radius 2 is 2.30 bits per heavy atom. The number of nitrogens with zero attached hydrogens (tertiary/aromatic N) is 2. The summed E-state index contributed by atoms with van der Waals surface area (Å²) in [6.07, 6.45) is 9.39. The van der Waals surface area contributed by atoms with Crippen LogP contribution in [-0.4, -0.2) is 33.6 Å². The number of hydrogen-bond donors (Lipinski definition) is 2. The Bertz CT molecular complexity index is 625. The molecule has 5 nitrogen and oxygen atoms in total. The van der Waals surface area contributed by atoms with Crippen LogP contribution in [-0.2, 0) is 13.0 Å². The molecule has 0 saturated heterocycles. The smallest absolute Gasteiger partial charge is 0.276 e. The quantitative estimate of drug-likeness (QED) is 0.650. The number of fused-ring (bicyclic) bond motifs is 1. The average Bonchev–Trinajstić information content (AvgIpc) is 2.97. The third-order valence-corrected chi connectivity index (χ3v) is 6.25. The first-order valence-corrected chi connectivity index (χ1v) is 8.77. The van der Waals surface area contributed by atoms with E-state index in [1.807, 2.05) is 6.07 Å². The maximum Gasteiger partial charge on any atom is 0.276 e. The molecular weight excluding hydrogens is 290 g/mol. The summed E-state index contributed by atoms with van der Waals surface area (Å²) in [5.74, 6) is 0.409. The van der Waals surface area contributed by atoms with Crippen molar-refractivity contribution in [2.75, 3.05) is 6.54 Å². The molecule has 0 radical (unpaired) electrons. The molecule has 1 amide bonds. The van der Waals surface area contributed by atoms with Gasteiger partial charge in [0.05, 0.1) is 11.3 Å². The van der Waals surface area contributed by atoms with Gasteiger partial charge in [0.2, 0.25) is 0 Å². The molecular formula is C18H25N3O2. The van der Waals surface area contributed by atoms with Crippen LogP contribution in [0.4, 0.5) is 0 Å². The van der Waals surface area contributed by atoms with Crippen molar-refractivity contribution in [3.05, 3.63) is 29.1 Å². The van der Waals surface area contributed by atoms with Crippen LogP contribution in [0, 0.1) is 11.3 Å². The number of hydrogen-bond acceptors (Lipinski definition) is 4. The van der Waals surface area contributed by atoms with Crippen LogP contribution in [0.2, 0.25) is 0 Å². The number of carbonyl (C=O) groups is 1. The van der Waals surface area contributed by atoms with Gasteiger partial charge in [0.15, 0.2) is 0 Å². The molecule has 1 aromatic rings. The van der Waals surface area contributed by atoms with Gasteiger partial charge < -0.3 is 0 Å². The fourth-order valence-electron chi connectivity index (χ4n) is 5.38. The zero-order valence-electron chi connectivity index (χ0n) is 13.7. The first-order chi connectivity index (χ1) is 11.1. The Hall–Kier alpha value is -1.46. The highest BCUT2D eigenvalue weighted by Crippen LogP contribution is 2.57. The highest BCUT2D eigenvalue weighted by atomic mass is 16.5. The van der Waals surface area contributed by atoms with E-state index in [0.717, 1.165) is 36.7 Å². The van der Waals surface area contributed by atoms with Crippen molar-refractivity contribution in [3.63, 3.8) is 0 Å². The maximum atomic E-state index is 11.5. The summed E-state index contributed by atoms with van der Waals surface area (Å²) in [6.45, 7) is 4.33. The molecule has 2 fully saturated rings. The Morgan fingerprint density at radius 1 is 1.48 bits per heavy atom. The Kier molecular flexibility index (Phi) is 3.65. The summed E-state index contributed by atoms with van der Waals surface area (Å²) in [7, 11) is 0. The van der Waals surface area contributed by atoms with Crippen LogP contribution in [0.1, 0.15) is 60.6 Å². The Morgan fingerprint density at radius 3 is 3.04 bits per heavy atom. The monoisotopic (exact) mass is 315 g/mol. The molecule has 124 valence electrons. The molecule has 1 aromatic heterocycles. The first kappa shape index (κ1) is 15.1. The summed E-state index contributed by atoms with van der Waals surface area (Å²) in [5.41, 5.74) is 4.94. The lowest BCUT2D eigenvalue weighted by molar-refractivity contribution is -0.0199. The molecule has 2 saturated carbocycles. The molecule has 5 heteroatoms. The number of rotatable bonds is 2. The number of hydroxylamine groups is 1. The van der Waals surface area contributed by atoms with Crippen molar-refractivity contribution in [1.82, 2.24) is 15.4 Å². The van der Waals surface area contributed by atoms with Crippen molar-refractivity contribution >= 4 is 5.91 Å². The van der Waals surface area contributed by atoms with Gasteiger partial charge in [0.1, 0.15) is 0 Å². The Balaban J connectivity index is 1.52. The highest BCUT2D eigenvalue weighted by Gasteiger charge is 2.52. The van der Waals surface area contributed by atoms with E-state index in [2.05, 4.69) is 16.8 Å². The van der Waals surface area contributed by atoms with Gasteiger partial charge in [0, 0.05) is 25.3 Å². The van der Waals surface area contributed by atoms with E-state index < -0.39 is 5.91 Å². The fourth-order valence-corrected chi connectivity index (χ4v) is 5.38. The zero-order valence-corrected chi connectivity index (χ0v) is 13.7. The van der Waals surface area contributed by atoms with Gasteiger partial charge in [-0.1, -0.05) is 13.3 Å². The van der Waals surface area contributed by atoms with Crippen molar-refractivity contribution in [1.29, 1.82) is 0 Å². The van der Waals surface area contributed by atoms with Crippen molar-refractivity contribution in [3.8, 4) is 0 Å². The van der Waals surface area contributed by atoms with Crippen molar-refractivity contribution in [2.24, 2.45) is 11.3 Å². The molecule has 4 rings (SSSR count). The predicted molar refractivity (Wildman–Crippen MR) is 86.1 cm³/mol. The number of amides is 1. The number of pyridine rings is 1. The lowest BCUT2D eigenvalue weighted by Gasteiger charge is -2.52. The highest BCUT2D eigenvalue weighted by molar-refractivity contribution is 5.93. The second-order valence-corrected chi connectivity index (χ2v) is 7.78. The maximum absolute atomic E-state index is 11.5. The second kappa shape index (κ2) is 5.56. The third kappa shape index (κ3) is 2.46. The minimum absolute atomic E-state index is 0.435. The standard InChI is InChI=1S/C18H25N3O2/c1-12-8-18(9-12)5-2-3-16(18)21-6-4-13-7-14(17(22)20-23)10-19-15(13)11-21/h7,10,12,16,23H,2-6,8-9,11H2,1H3,(H,20,22)/t12?,16-,18?/m0/s1. The van der Waals surface area contributed by atoms with E-state index in [9.17, 15) is 4.79 Å². The predicted octanol–water partition coefficient (Wildman–Crippen LogP) is 2.53. The van der Waals surface area contributed by atoms with Gasteiger partial charge in [-0.05, 0) is 55.1 Å². The third-order valence-electron chi connectivity index (χ3n) is 6.25. The second-order valence-electron chi connectivity index (χ2n) is 7.78. The molecule has 2 heterocycles. The fraction of sp³-hybridized carbons (Fsp3) is 0.667. The van der Waals surface area contributed by atoms with Crippen molar-refractivity contribution in [2.45, 2.75) is 58.0 Å². The van der Waals surface area contributed by atoms with Gasteiger partial charge in [-0.15, -0.1) is 0 Å². The lowest BCUT2D eigenvalue weighted by Crippen LogP contribution is -2.52. The first-order valence-electron chi connectivity index (χ1n) is 8.77. The van der Waals surface area contributed by atoms with E-state index in [1.54, 1.807) is 11.7 Å². The molecule has 3 aliphatic rings. The van der Waals surface area contributed by atoms with E-state index in [0.29, 0.717) is 17.0 Å². The summed E-state index contributed by atoms with van der Waals surface area (Å²) < 4.78 is 0. The van der Waals surface area contributed by atoms with Crippen molar-refractivity contribution < 1.29 is 10.0 Å². The minimum atomic E-state index is -0.485. The van der Waals surface area contributed by atoms with E-state index in [1.165, 1.54) is 32.1 Å². The molecule has 2 aliphatic carbocycles. The lowest BCUT2D eigenvalue weighted by atomic mass is 9.59. The number of aromatic nitrogens is 1. The average molecular weight is 315 g/mol. The van der Waals surface area contributed by atoms with Gasteiger partial charge in [0.25, 0.3) is 5.91 Å².